The van der Waals surface area contributed by atoms with Crippen LogP contribution in [0.4, 0.5) is 5.69 Å². The molecular formula is C29H31N3O4S2. The fraction of sp³-hybridized carbons (Fsp3) is 0.310. The Hall–Kier alpha value is -3.14. The molecule has 2 amide bonds. The van der Waals surface area contributed by atoms with E-state index in [0.717, 1.165) is 36.1 Å². The van der Waals surface area contributed by atoms with E-state index in [4.69, 9.17) is 0 Å². The van der Waals surface area contributed by atoms with Gasteiger partial charge in [0.25, 0.3) is 5.91 Å². The number of nitrogens with one attached hydrogen (secondary N) is 1. The predicted octanol–water partition coefficient (Wildman–Crippen LogP) is 4.76. The molecule has 198 valence electrons. The van der Waals surface area contributed by atoms with Crippen LogP contribution in [-0.4, -0.2) is 54.3 Å². The first-order valence-electron chi connectivity index (χ1n) is 12.8. The molecule has 7 nitrogen and oxygen atoms in total. The highest BCUT2D eigenvalue weighted by Gasteiger charge is 2.36. The van der Waals surface area contributed by atoms with E-state index in [2.05, 4.69) is 5.32 Å². The van der Waals surface area contributed by atoms with Gasteiger partial charge >= 0.3 is 0 Å². The molecular weight excluding hydrogens is 518 g/mol. The molecule has 0 radical (unpaired) electrons. The van der Waals surface area contributed by atoms with Crippen LogP contribution in [0, 0.1) is 0 Å². The van der Waals surface area contributed by atoms with Crippen molar-refractivity contribution in [2.45, 2.75) is 42.5 Å². The highest BCUT2D eigenvalue weighted by molar-refractivity contribution is 7.98. The molecule has 1 N–H and O–H groups in total. The zero-order valence-electron chi connectivity index (χ0n) is 21.1. The Morgan fingerprint density at radius 1 is 0.895 bits per heavy atom. The van der Waals surface area contributed by atoms with Crippen molar-refractivity contribution >= 4 is 39.3 Å². The van der Waals surface area contributed by atoms with Crippen LogP contribution in [0.3, 0.4) is 0 Å². The maximum absolute atomic E-state index is 13.5. The number of piperidine rings is 1. The van der Waals surface area contributed by atoms with Crippen molar-refractivity contribution in [2.75, 3.05) is 24.2 Å². The van der Waals surface area contributed by atoms with E-state index in [9.17, 15) is 18.0 Å². The second-order valence-corrected chi connectivity index (χ2v) is 12.6. The Morgan fingerprint density at radius 2 is 1.58 bits per heavy atom. The summed E-state index contributed by atoms with van der Waals surface area (Å²) in [4.78, 5) is 28.6. The van der Waals surface area contributed by atoms with E-state index in [1.54, 1.807) is 34.9 Å². The van der Waals surface area contributed by atoms with Gasteiger partial charge in [-0.25, -0.2) is 8.42 Å². The Bertz CT molecular complexity index is 1390. The quantitative estimate of drug-likeness (QED) is 0.416. The van der Waals surface area contributed by atoms with Gasteiger partial charge in [-0.2, -0.15) is 16.1 Å². The van der Waals surface area contributed by atoms with Gasteiger partial charge in [-0.3, -0.25) is 9.59 Å². The van der Waals surface area contributed by atoms with E-state index in [-0.39, 0.29) is 16.7 Å². The van der Waals surface area contributed by atoms with Gasteiger partial charge in [0.1, 0.15) is 6.04 Å². The van der Waals surface area contributed by atoms with Crippen molar-refractivity contribution in [2.24, 2.45) is 0 Å². The van der Waals surface area contributed by atoms with E-state index >= 15 is 0 Å². The molecule has 3 aromatic rings. The lowest BCUT2D eigenvalue weighted by atomic mass is 10.1. The minimum absolute atomic E-state index is 0.149. The number of fused-ring (bicyclic) bond motifs is 1. The van der Waals surface area contributed by atoms with E-state index in [0.29, 0.717) is 36.6 Å². The van der Waals surface area contributed by atoms with Crippen molar-refractivity contribution < 1.29 is 18.0 Å². The van der Waals surface area contributed by atoms with Crippen LogP contribution in [0.5, 0.6) is 0 Å². The fourth-order valence-corrected chi connectivity index (χ4v) is 7.51. The summed E-state index contributed by atoms with van der Waals surface area (Å²) < 4.78 is 27.5. The number of sulfonamides is 1. The van der Waals surface area contributed by atoms with Crippen molar-refractivity contribution in [3.63, 3.8) is 0 Å². The molecule has 1 saturated heterocycles. The Balaban J connectivity index is 1.30. The van der Waals surface area contributed by atoms with Gasteiger partial charge in [-0.15, -0.1) is 0 Å². The first-order valence-corrected chi connectivity index (χ1v) is 15.4. The number of carbonyl (C=O) groups is 2. The number of hydrogen-bond acceptors (Lipinski definition) is 5. The van der Waals surface area contributed by atoms with Crippen molar-refractivity contribution in [3.05, 3.63) is 95.6 Å². The first kappa shape index (κ1) is 26.5. The zero-order chi connectivity index (χ0) is 26.5. The summed E-state index contributed by atoms with van der Waals surface area (Å²) in [7, 11) is -3.55. The van der Waals surface area contributed by atoms with Crippen molar-refractivity contribution in [3.8, 4) is 0 Å². The maximum atomic E-state index is 13.5. The van der Waals surface area contributed by atoms with E-state index in [1.807, 2.05) is 48.5 Å². The predicted molar refractivity (Wildman–Crippen MR) is 150 cm³/mol. The number of benzene rings is 3. The average Bonchev–Trinajstić information content (AvgIpc) is 3.28. The molecule has 0 unspecified atom stereocenters. The van der Waals surface area contributed by atoms with Crippen LogP contribution in [0.15, 0.2) is 83.8 Å². The molecule has 1 fully saturated rings. The third kappa shape index (κ3) is 5.80. The van der Waals surface area contributed by atoms with Gasteiger partial charge in [0.2, 0.25) is 15.9 Å². The zero-order valence-corrected chi connectivity index (χ0v) is 22.7. The van der Waals surface area contributed by atoms with Gasteiger partial charge < -0.3 is 10.2 Å². The van der Waals surface area contributed by atoms with Gasteiger partial charge in [-0.05, 0) is 54.3 Å². The smallest absolute Gasteiger partial charge is 0.255 e. The van der Waals surface area contributed by atoms with Crippen LogP contribution < -0.4 is 5.32 Å². The largest absolute Gasteiger partial charge is 0.324 e. The average molecular weight is 550 g/mol. The topological polar surface area (TPSA) is 86.8 Å². The lowest BCUT2D eigenvalue weighted by Crippen LogP contribution is -2.46. The second-order valence-electron chi connectivity index (χ2n) is 9.59. The summed E-state index contributed by atoms with van der Waals surface area (Å²) in [5.74, 6) is 0.715. The summed E-state index contributed by atoms with van der Waals surface area (Å²) in [6.07, 6.45) is 2.79. The van der Waals surface area contributed by atoms with Crippen molar-refractivity contribution in [1.82, 2.24) is 9.21 Å². The van der Waals surface area contributed by atoms with Gasteiger partial charge in [0.05, 0.1) is 4.90 Å². The number of nitrogens with zero attached hydrogens (tertiary/aromatic N) is 2. The molecule has 2 heterocycles. The van der Waals surface area contributed by atoms with Crippen molar-refractivity contribution in [1.29, 1.82) is 0 Å². The Kier molecular flexibility index (Phi) is 8.16. The third-order valence-corrected chi connectivity index (χ3v) is 9.99. The number of thioether (sulfide) groups is 1. The Labute approximate surface area is 228 Å². The highest BCUT2D eigenvalue weighted by Crippen LogP contribution is 2.28. The Morgan fingerprint density at radius 3 is 2.29 bits per heavy atom. The number of rotatable bonds is 9. The molecule has 2 aliphatic rings. The minimum atomic E-state index is -3.55. The first-order chi connectivity index (χ1) is 18.4. The lowest BCUT2D eigenvalue weighted by Gasteiger charge is -2.27. The standard InChI is InChI=1S/C29H31N3O4S2/c33-28(30-24-13-15-25(16-14-24)38(35,36)31-17-7-2-8-18-31)27(21-37-20-22-9-3-1-4-10-22)32-19-23-11-5-6-12-26(23)29(32)34/h1,3-6,9-16,27H,2,7-8,17-21H2,(H,30,33)/t27-/m0/s1. The molecule has 38 heavy (non-hydrogen) atoms. The second kappa shape index (κ2) is 11.7. The van der Waals surface area contributed by atoms with Gasteiger partial charge in [0.15, 0.2) is 0 Å². The number of amides is 2. The fourth-order valence-electron chi connectivity index (χ4n) is 4.89. The highest BCUT2D eigenvalue weighted by atomic mass is 32.2. The number of hydrogen-bond donors (Lipinski definition) is 1. The summed E-state index contributed by atoms with van der Waals surface area (Å²) in [6, 6.07) is 23.1. The number of carbonyl (C=O) groups excluding carboxylic acids is 2. The number of anilines is 1. The van der Waals surface area contributed by atoms with Gasteiger partial charge in [0, 0.05) is 42.4 Å². The molecule has 9 heteroatoms. The molecule has 0 spiro atoms. The molecule has 0 saturated carbocycles. The van der Waals surface area contributed by atoms with Gasteiger partial charge in [-0.1, -0.05) is 55.0 Å². The summed E-state index contributed by atoms with van der Waals surface area (Å²) in [5.41, 5.74) is 3.19. The van der Waals surface area contributed by atoms with Crippen LogP contribution in [-0.2, 0) is 27.1 Å². The summed E-state index contributed by atoms with van der Waals surface area (Å²) in [5, 5.41) is 2.92. The lowest BCUT2D eigenvalue weighted by molar-refractivity contribution is -0.119. The molecule has 0 bridgehead atoms. The maximum Gasteiger partial charge on any atom is 0.255 e. The minimum Gasteiger partial charge on any atom is -0.324 e. The van der Waals surface area contributed by atoms with Crippen LogP contribution in [0.2, 0.25) is 0 Å². The third-order valence-electron chi connectivity index (χ3n) is 6.99. The SMILES string of the molecule is O=C(Nc1ccc(S(=O)(=O)N2CCCCC2)cc1)[C@H](CSCc1ccccc1)N1Cc2ccccc2C1=O. The monoisotopic (exact) mass is 549 g/mol. The van der Waals surface area contributed by atoms with Crippen LogP contribution >= 0.6 is 11.8 Å². The van der Waals surface area contributed by atoms with E-state index < -0.39 is 16.1 Å². The molecule has 3 aromatic carbocycles. The molecule has 0 aliphatic carbocycles. The summed E-state index contributed by atoms with van der Waals surface area (Å²) in [6.45, 7) is 1.46. The molecule has 5 rings (SSSR count). The van der Waals surface area contributed by atoms with Crippen LogP contribution in [0.25, 0.3) is 0 Å². The molecule has 1 atom stereocenters. The van der Waals surface area contributed by atoms with Crippen LogP contribution in [0.1, 0.15) is 40.7 Å². The van der Waals surface area contributed by atoms with E-state index in [1.165, 1.54) is 16.4 Å². The normalized spacial score (nSPS) is 16.7. The summed E-state index contributed by atoms with van der Waals surface area (Å²) >= 11 is 1.60. The molecule has 2 aliphatic heterocycles. The molecule has 0 aromatic heterocycles.